The van der Waals surface area contributed by atoms with Crippen LogP contribution in [0.3, 0.4) is 0 Å². The number of amides is 1. The summed E-state index contributed by atoms with van der Waals surface area (Å²) in [5.74, 6) is 0.195. The Morgan fingerprint density at radius 3 is 3.11 bits per heavy atom. The second kappa shape index (κ2) is 4.99. The molecule has 1 saturated heterocycles. The molecule has 5 heteroatoms. The van der Waals surface area contributed by atoms with Gasteiger partial charge in [0.25, 0.3) is 0 Å². The zero-order valence-electron chi connectivity index (χ0n) is 10.5. The van der Waals surface area contributed by atoms with Gasteiger partial charge in [0.15, 0.2) is 0 Å². The molecule has 1 N–H and O–H groups in total. The van der Waals surface area contributed by atoms with E-state index in [9.17, 15) is 4.79 Å². The molecule has 3 unspecified atom stereocenters. The molecule has 1 aromatic rings. The molecule has 2 fully saturated rings. The Morgan fingerprint density at radius 2 is 2.39 bits per heavy atom. The Balaban J connectivity index is 1.85. The number of carbonyl (C=O) groups excluding carboxylic acids is 1. The van der Waals surface area contributed by atoms with Crippen LogP contribution >= 0.6 is 11.3 Å². The highest BCUT2D eigenvalue weighted by atomic mass is 32.1. The first-order valence-electron chi connectivity index (χ1n) is 6.40. The lowest BCUT2D eigenvalue weighted by atomic mass is 10.1. The Morgan fingerprint density at radius 1 is 1.50 bits per heavy atom. The number of carbonyl (C=O) groups is 1. The third kappa shape index (κ3) is 1.96. The van der Waals surface area contributed by atoms with Crippen molar-refractivity contribution in [2.75, 3.05) is 13.7 Å². The van der Waals surface area contributed by atoms with E-state index in [1.807, 2.05) is 4.90 Å². The Kier molecular flexibility index (Phi) is 3.37. The molecular formula is C13H18N2O2S. The topological polar surface area (TPSA) is 41.6 Å². The van der Waals surface area contributed by atoms with Gasteiger partial charge in [-0.3, -0.25) is 10.1 Å². The highest BCUT2D eigenvalue weighted by Gasteiger charge is 2.42. The number of ether oxygens (including phenoxy) is 1. The molecule has 1 aliphatic carbocycles. The standard InChI is InChI=1S/C13H18N2O2S/c1-17-11-4-2-3-10(11)15-12(16)7-14-13(15)9-5-6-18-8-9/h5-6,8,10-11,13-14H,2-4,7H2,1H3. The zero-order chi connectivity index (χ0) is 12.5. The van der Waals surface area contributed by atoms with Gasteiger partial charge < -0.3 is 9.64 Å². The molecule has 3 atom stereocenters. The summed E-state index contributed by atoms with van der Waals surface area (Å²) in [5.41, 5.74) is 1.19. The van der Waals surface area contributed by atoms with Crippen LogP contribution in [0.4, 0.5) is 0 Å². The van der Waals surface area contributed by atoms with Gasteiger partial charge in [-0.1, -0.05) is 0 Å². The molecule has 0 spiro atoms. The highest BCUT2D eigenvalue weighted by molar-refractivity contribution is 7.07. The predicted octanol–water partition coefficient (Wildman–Crippen LogP) is 1.75. The van der Waals surface area contributed by atoms with E-state index in [0.29, 0.717) is 6.54 Å². The van der Waals surface area contributed by atoms with Crippen molar-refractivity contribution >= 4 is 17.2 Å². The van der Waals surface area contributed by atoms with Gasteiger partial charge in [0.2, 0.25) is 5.91 Å². The largest absolute Gasteiger partial charge is 0.379 e. The molecule has 1 saturated carbocycles. The Bertz CT molecular complexity index is 421. The molecule has 2 heterocycles. The van der Waals surface area contributed by atoms with E-state index in [2.05, 4.69) is 22.1 Å². The van der Waals surface area contributed by atoms with Crippen molar-refractivity contribution in [2.24, 2.45) is 0 Å². The van der Waals surface area contributed by atoms with Crippen molar-refractivity contribution in [3.05, 3.63) is 22.4 Å². The number of hydrogen-bond acceptors (Lipinski definition) is 4. The van der Waals surface area contributed by atoms with Crippen LogP contribution < -0.4 is 5.32 Å². The SMILES string of the molecule is COC1CCCC1N1C(=O)CNC1c1ccsc1. The van der Waals surface area contributed by atoms with E-state index in [-0.39, 0.29) is 24.2 Å². The molecule has 0 bridgehead atoms. The summed E-state index contributed by atoms with van der Waals surface area (Å²) < 4.78 is 5.53. The van der Waals surface area contributed by atoms with E-state index < -0.39 is 0 Å². The number of rotatable bonds is 3. The maximum Gasteiger partial charge on any atom is 0.238 e. The van der Waals surface area contributed by atoms with Crippen LogP contribution in [-0.4, -0.2) is 36.6 Å². The number of methoxy groups -OCH3 is 1. The van der Waals surface area contributed by atoms with E-state index in [4.69, 9.17) is 4.74 Å². The van der Waals surface area contributed by atoms with Gasteiger partial charge in [-0.05, 0) is 41.7 Å². The van der Waals surface area contributed by atoms with Crippen molar-refractivity contribution in [3.8, 4) is 0 Å². The average molecular weight is 266 g/mol. The minimum atomic E-state index is 0.0319. The van der Waals surface area contributed by atoms with Crippen molar-refractivity contribution in [1.29, 1.82) is 0 Å². The molecule has 3 rings (SSSR count). The lowest BCUT2D eigenvalue weighted by Crippen LogP contribution is -2.44. The summed E-state index contributed by atoms with van der Waals surface area (Å²) in [5, 5.41) is 7.48. The first-order valence-corrected chi connectivity index (χ1v) is 7.35. The van der Waals surface area contributed by atoms with Crippen molar-refractivity contribution in [1.82, 2.24) is 10.2 Å². The lowest BCUT2D eigenvalue weighted by Gasteiger charge is -2.33. The van der Waals surface area contributed by atoms with Crippen LogP contribution in [0, 0.1) is 0 Å². The number of thiophene rings is 1. The predicted molar refractivity (Wildman–Crippen MR) is 70.3 cm³/mol. The normalized spacial score (nSPS) is 32.4. The van der Waals surface area contributed by atoms with Crippen LogP contribution in [0.5, 0.6) is 0 Å². The summed E-state index contributed by atoms with van der Waals surface area (Å²) in [6.45, 7) is 0.438. The molecule has 1 aliphatic heterocycles. The first kappa shape index (κ1) is 12.1. The quantitative estimate of drug-likeness (QED) is 0.906. The van der Waals surface area contributed by atoms with E-state index >= 15 is 0 Å². The first-order chi connectivity index (χ1) is 8.81. The fourth-order valence-corrected chi connectivity index (χ4v) is 3.78. The zero-order valence-corrected chi connectivity index (χ0v) is 11.3. The lowest BCUT2D eigenvalue weighted by molar-refractivity contribution is -0.132. The van der Waals surface area contributed by atoms with E-state index in [1.54, 1.807) is 18.4 Å². The van der Waals surface area contributed by atoms with Crippen molar-refractivity contribution in [3.63, 3.8) is 0 Å². The molecule has 18 heavy (non-hydrogen) atoms. The summed E-state index contributed by atoms with van der Waals surface area (Å²) in [6.07, 6.45) is 3.47. The number of hydrogen-bond donors (Lipinski definition) is 1. The van der Waals surface area contributed by atoms with E-state index in [0.717, 1.165) is 19.3 Å². The summed E-state index contributed by atoms with van der Waals surface area (Å²) >= 11 is 1.67. The summed E-state index contributed by atoms with van der Waals surface area (Å²) in [6, 6.07) is 2.31. The maximum absolute atomic E-state index is 12.1. The third-order valence-corrected chi connectivity index (χ3v) is 4.65. The highest BCUT2D eigenvalue weighted by Crippen LogP contribution is 2.34. The molecule has 0 aromatic carbocycles. The van der Waals surface area contributed by atoms with Crippen LogP contribution in [0.1, 0.15) is 31.0 Å². The Hall–Kier alpha value is -0.910. The van der Waals surface area contributed by atoms with Crippen LogP contribution in [0.25, 0.3) is 0 Å². The maximum atomic E-state index is 12.1. The minimum absolute atomic E-state index is 0.0319. The van der Waals surface area contributed by atoms with Gasteiger partial charge in [0, 0.05) is 7.11 Å². The summed E-state index contributed by atoms with van der Waals surface area (Å²) in [7, 11) is 1.75. The fourth-order valence-electron chi connectivity index (χ4n) is 3.10. The van der Waals surface area contributed by atoms with Crippen LogP contribution in [-0.2, 0) is 9.53 Å². The molecule has 1 aromatic heterocycles. The van der Waals surface area contributed by atoms with Crippen LogP contribution in [0.15, 0.2) is 16.8 Å². The number of nitrogens with zero attached hydrogens (tertiary/aromatic N) is 1. The van der Waals surface area contributed by atoms with Gasteiger partial charge in [-0.2, -0.15) is 11.3 Å². The van der Waals surface area contributed by atoms with Gasteiger partial charge in [-0.15, -0.1) is 0 Å². The third-order valence-electron chi connectivity index (χ3n) is 3.95. The number of nitrogens with one attached hydrogen (secondary N) is 1. The second-order valence-electron chi connectivity index (χ2n) is 4.91. The van der Waals surface area contributed by atoms with Gasteiger partial charge in [0.1, 0.15) is 6.17 Å². The molecule has 2 aliphatic rings. The minimum Gasteiger partial charge on any atom is -0.379 e. The molecule has 1 amide bonds. The molecular weight excluding hydrogens is 248 g/mol. The van der Waals surface area contributed by atoms with Gasteiger partial charge in [0.05, 0.1) is 18.7 Å². The molecule has 0 radical (unpaired) electrons. The van der Waals surface area contributed by atoms with Gasteiger partial charge in [-0.25, -0.2) is 0 Å². The summed E-state index contributed by atoms with van der Waals surface area (Å²) in [4.78, 5) is 14.1. The van der Waals surface area contributed by atoms with Crippen molar-refractivity contribution < 1.29 is 9.53 Å². The Labute approximate surface area is 111 Å². The van der Waals surface area contributed by atoms with Crippen LogP contribution in [0.2, 0.25) is 0 Å². The fraction of sp³-hybridized carbons (Fsp3) is 0.615. The van der Waals surface area contributed by atoms with Gasteiger partial charge >= 0.3 is 0 Å². The second-order valence-corrected chi connectivity index (χ2v) is 5.69. The molecule has 4 nitrogen and oxygen atoms in total. The van der Waals surface area contributed by atoms with Crippen molar-refractivity contribution in [2.45, 2.75) is 37.6 Å². The molecule has 98 valence electrons. The average Bonchev–Trinajstić information content (AvgIpc) is 3.07. The smallest absolute Gasteiger partial charge is 0.238 e. The van der Waals surface area contributed by atoms with E-state index in [1.165, 1.54) is 5.56 Å². The monoisotopic (exact) mass is 266 g/mol.